The lowest BCUT2D eigenvalue weighted by Crippen LogP contribution is -2.04. The molecular formula is C8H8N2O2S. The van der Waals surface area contributed by atoms with Crippen LogP contribution in [0.25, 0.3) is 0 Å². The molecule has 68 valence electrons. The summed E-state index contributed by atoms with van der Waals surface area (Å²) < 4.78 is 0. The van der Waals surface area contributed by atoms with Gasteiger partial charge >= 0.3 is 5.97 Å². The molecule has 1 aromatic rings. The number of rotatable bonds is 2. The minimum absolute atomic E-state index is 0.0357. The lowest BCUT2D eigenvalue weighted by molar-refractivity contribution is 0.0691. The van der Waals surface area contributed by atoms with Crippen molar-refractivity contribution < 1.29 is 9.90 Å². The van der Waals surface area contributed by atoms with Crippen LogP contribution < -0.4 is 5.32 Å². The average Bonchev–Trinajstić information content (AvgIpc) is 2.53. The van der Waals surface area contributed by atoms with Gasteiger partial charge in [0.25, 0.3) is 0 Å². The minimum atomic E-state index is -1.03. The summed E-state index contributed by atoms with van der Waals surface area (Å²) >= 11 is 1.23. The number of nitrogens with one attached hydrogen (secondary N) is 1. The Morgan fingerprint density at radius 2 is 2.62 bits per heavy atom. The Labute approximate surface area is 79.6 Å². The first-order valence-electron chi connectivity index (χ1n) is 3.56. The Hall–Kier alpha value is -1.38. The Kier molecular flexibility index (Phi) is 3.43. The summed E-state index contributed by atoms with van der Waals surface area (Å²) in [5.41, 5.74) is 1.51. The Bertz CT molecular complexity index is 362. The number of nitrogens with zero attached hydrogens (tertiary/aromatic N) is 1. The molecule has 0 atom stereocenters. The number of thiazole rings is 1. The number of hydrogen-bond donors (Lipinski definition) is 2. The molecule has 0 aliphatic rings. The number of carboxylic acids is 1. The molecule has 0 bridgehead atoms. The number of carboxylic acid groups (broad SMARTS) is 1. The van der Waals surface area contributed by atoms with Gasteiger partial charge in [-0.2, -0.15) is 0 Å². The van der Waals surface area contributed by atoms with Crippen molar-refractivity contribution in [1.29, 1.82) is 0 Å². The van der Waals surface area contributed by atoms with Crippen LogP contribution in [0.4, 0.5) is 0 Å². The molecule has 13 heavy (non-hydrogen) atoms. The minimum Gasteiger partial charge on any atom is -0.476 e. The van der Waals surface area contributed by atoms with E-state index in [1.54, 1.807) is 7.05 Å². The summed E-state index contributed by atoms with van der Waals surface area (Å²) in [6, 6.07) is 0. The summed E-state index contributed by atoms with van der Waals surface area (Å²) in [7, 11) is 1.78. The van der Waals surface area contributed by atoms with Crippen LogP contribution >= 0.6 is 11.3 Å². The second kappa shape index (κ2) is 4.60. The molecule has 0 saturated carbocycles. The first kappa shape index (κ1) is 9.71. The maximum absolute atomic E-state index is 10.6. The molecule has 0 fully saturated rings. The third-order valence-corrected chi connectivity index (χ3v) is 1.98. The zero-order valence-corrected chi connectivity index (χ0v) is 7.81. The predicted octanol–water partition coefficient (Wildman–Crippen LogP) is 0.412. The first-order valence-corrected chi connectivity index (χ1v) is 4.44. The number of carbonyl (C=O) groups is 1. The van der Waals surface area contributed by atoms with E-state index in [1.165, 1.54) is 16.8 Å². The molecule has 0 aliphatic carbocycles. The Morgan fingerprint density at radius 1 is 1.85 bits per heavy atom. The summed E-state index contributed by atoms with van der Waals surface area (Å²) in [5, 5.41) is 11.5. The molecule has 0 aliphatic heterocycles. The smallest absolute Gasteiger partial charge is 0.356 e. The van der Waals surface area contributed by atoms with E-state index in [2.05, 4.69) is 22.1 Å². The van der Waals surface area contributed by atoms with Crippen LogP contribution in [0, 0.1) is 11.8 Å². The highest BCUT2D eigenvalue weighted by atomic mass is 32.1. The van der Waals surface area contributed by atoms with Crippen molar-refractivity contribution in [2.24, 2.45) is 0 Å². The molecular weight excluding hydrogens is 188 g/mol. The zero-order valence-electron chi connectivity index (χ0n) is 7.00. The third kappa shape index (κ3) is 2.54. The van der Waals surface area contributed by atoms with Gasteiger partial charge in [-0.25, -0.2) is 9.78 Å². The van der Waals surface area contributed by atoms with E-state index in [4.69, 9.17) is 5.11 Å². The Morgan fingerprint density at radius 3 is 3.23 bits per heavy atom. The molecule has 0 aromatic carbocycles. The highest BCUT2D eigenvalue weighted by Gasteiger charge is 2.10. The van der Waals surface area contributed by atoms with Crippen molar-refractivity contribution in [3.05, 3.63) is 16.1 Å². The van der Waals surface area contributed by atoms with Crippen LogP contribution in [-0.2, 0) is 0 Å². The number of aromatic carboxylic acids is 1. The number of hydrogen-bond acceptors (Lipinski definition) is 4. The van der Waals surface area contributed by atoms with Crippen LogP contribution in [0.3, 0.4) is 0 Å². The molecule has 2 N–H and O–H groups in total. The summed E-state index contributed by atoms with van der Waals surface area (Å²) in [4.78, 5) is 14.8. The molecule has 0 radical (unpaired) electrons. The van der Waals surface area contributed by atoms with Gasteiger partial charge in [0.1, 0.15) is 4.88 Å². The standard InChI is InChI=1S/C8H8N2O2S/c1-9-4-2-3-6-7(8(11)12)10-5-13-6/h5,9H,4H2,1H3,(H,11,12). The fraction of sp³-hybridized carbons (Fsp3) is 0.250. The summed E-state index contributed by atoms with van der Waals surface area (Å²) in [6.45, 7) is 0.539. The van der Waals surface area contributed by atoms with Gasteiger partial charge in [0.2, 0.25) is 0 Å². The highest BCUT2D eigenvalue weighted by molar-refractivity contribution is 7.10. The van der Waals surface area contributed by atoms with Gasteiger partial charge in [-0.3, -0.25) is 0 Å². The van der Waals surface area contributed by atoms with Gasteiger partial charge in [-0.05, 0) is 7.05 Å². The predicted molar refractivity (Wildman–Crippen MR) is 49.9 cm³/mol. The quantitative estimate of drug-likeness (QED) is 0.673. The van der Waals surface area contributed by atoms with Crippen molar-refractivity contribution in [2.75, 3.05) is 13.6 Å². The lowest BCUT2D eigenvalue weighted by Gasteiger charge is -1.86. The number of aromatic nitrogens is 1. The van der Waals surface area contributed by atoms with E-state index in [9.17, 15) is 4.79 Å². The maximum atomic E-state index is 10.6. The molecule has 0 spiro atoms. The van der Waals surface area contributed by atoms with Crippen LogP contribution in [0.15, 0.2) is 5.51 Å². The van der Waals surface area contributed by atoms with Crippen molar-refractivity contribution in [3.8, 4) is 11.8 Å². The van der Waals surface area contributed by atoms with E-state index in [-0.39, 0.29) is 5.69 Å². The van der Waals surface area contributed by atoms with Crippen LogP contribution in [0.2, 0.25) is 0 Å². The average molecular weight is 196 g/mol. The first-order chi connectivity index (χ1) is 6.25. The maximum Gasteiger partial charge on any atom is 0.356 e. The van der Waals surface area contributed by atoms with Crippen molar-refractivity contribution in [3.63, 3.8) is 0 Å². The highest BCUT2D eigenvalue weighted by Crippen LogP contribution is 2.10. The SMILES string of the molecule is CNCC#Cc1scnc1C(=O)O. The second-order valence-corrected chi connectivity index (χ2v) is 3.02. The van der Waals surface area contributed by atoms with Gasteiger partial charge in [0.05, 0.1) is 12.1 Å². The molecule has 0 amide bonds. The largest absolute Gasteiger partial charge is 0.476 e. The molecule has 0 unspecified atom stereocenters. The van der Waals surface area contributed by atoms with Crippen LogP contribution in [0.1, 0.15) is 15.4 Å². The van der Waals surface area contributed by atoms with Gasteiger partial charge < -0.3 is 10.4 Å². The van der Waals surface area contributed by atoms with Gasteiger partial charge in [0, 0.05) is 0 Å². The van der Waals surface area contributed by atoms with Gasteiger partial charge in [0.15, 0.2) is 5.69 Å². The van der Waals surface area contributed by atoms with Crippen molar-refractivity contribution in [1.82, 2.24) is 10.3 Å². The van der Waals surface area contributed by atoms with E-state index in [0.717, 1.165) is 0 Å². The van der Waals surface area contributed by atoms with E-state index in [0.29, 0.717) is 11.4 Å². The van der Waals surface area contributed by atoms with E-state index >= 15 is 0 Å². The second-order valence-electron chi connectivity index (χ2n) is 2.17. The fourth-order valence-electron chi connectivity index (χ4n) is 0.700. The van der Waals surface area contributed by atoms with Crippen LogP contribution in [0.5, 0.6) is 0 Å². The van der Waals surface area contributed by atoms with Gasteiger partial charge in [-0.15, -0.1) is 11.3 Å². The lowest BCUT2D eigenvalue weighted by atomic mass is 10.3. The molecule has 1 rings (SSSR count). The summed E-state index contributed by atoms with van der Waals surface area (Å²) in [5.74, 6) is 4.48. The van der Waals surface area contributed by atoms with Crippen molar-refractivity contribution >= 4 is 17.3 Å². The van der Waals surface area contributed by atoms with Crippen LogP contribution in [-0.4, -0.2) is 29.7 Å². The topological polar surface area (TPSA) is 62.2 Å². The van der Waals surface area contributed by atoms with E-state index < -0.39 is 5.97 Å². The third-order valence-electron chi connectivity index (χ3n) is 1.24. The molecule has 4 nitrogen and oxygen atoms in total. The zero-order chi connectivity index (χ0) is 9.68. The Balaban J connectivity index is 2.84. The molecule has 1 aromatic heterocycles. The molecule has 1 heterocycles. The van der Waals surface area contributed by atoms with Gasteiger partial charge in [-0.1, -0.05) is 11.8 Å². The fourth-order valence-corrected chi connectivity index (χ4v) is 1.35. The molecule has 5 heteroatoms. The van der Waals surface area contributed by atoms with Crippen molar-refractivity contribution in [2.45, 2.75) is 0 Å². The monoisotopic (exact) mass is 196 g/mol. The molecule has 0 saturated heterocycles. The normalized spacial score (nSPS) is 9.00. The summed E-state index contributed by atoms with van der Waals surface area (Å²) in [6.07, 6.45) is 0. The van der Waals surface area contributed by atoms with E-state index in [1.807, 2.05) is 0 Å².